The van der Waals surface area contributed by atoms with Crippen LogP contribution in [0.2, 0.25) is 0 Å². The van der Waals surface area contributed by atoms with Crippen molar-refractivity contribution in [3.63, 3.8) is 0 Å². The summed E-state index contributed by atoms with van der Waals surface area (Å²) in [4.78, 5) is 27.7. The summed E-state index contributed by atoms with van der Waals surface area (Å²) < 4.78 is 1.72. The molecule has 0 aliphatic heterocycles. The first kappa shape index (κ1) is 21.4. The zero-order valence-corrected chi connectivity index (χ0v) is 17.0. The van der Waals surface area contributed by atoms with Crippen molar-refractivity contribution >= 4 is 29.1 Å². The van der Waals surface area contributed by atoms with Gasteiger partial charge in [-0.05, 0) is 28.2 Å². The van der Waals surface area contributed by atoms with E-state index in [4.69, 9.17) is 12.6 Å². The lowest BCUT2D eigenvalue weighted by Crippen LogP contribution is -2.48. The van der Waals surface area contributed by atoms with E-state index >= 15 is 0 Å². The number of non-ortho nitro benzene ring substituents is 1. The minimum atomic E-state index is -0.814. The number of hydrogen-bond donors (Lipinski definition) is 0. The third kappa shape index (κ3) is 5.07. The Labute approximate surface area is 170 Å². The second-order valence-electron chi connectivity index (χ2n) is 7.32. The van der Waals surface area contributed by atoms with Crippen molar-refractivity contribution in [3.8, 4) is 0 Å². The zero-order chi connectivity index (χ0) is 20.9. The molecule has 0 radical (unpaired) electrons. The highest BCUT2D eigenvalue weighted by Gasteiger charge is 2.29. The van der Waals surface area contributed by atoms with Crippen LogP contribution in [0.1, 0.15) is 42.7 Å². The predicted octanol–water partition coefficient (Wildman–Crippen LogP) is 3.74. The van der Waals surface area contributed by atoms with E-state index in [1.54, 1.807) is 10.6 Å². The van der Waals surface area contributed by atoms with Crippen LogP contribution in [0.25, 0.3) is 0 Å². The highest BCUT2D eigenvalue weighted by atomic mass is 32.1. The standard InChI is InChI=1S/C21H23N3O3S/c1-5-12-22-20(28)18(23-13-10-16(11-14-23)21(2,3)4)19(25)15-6-8-17(9-7-15)24(26)27/h5-11,13-14,18H,1,12H2,2-4H3/t18-/m1/s1. The van der Waals surface area contributed by atoms with Gasteiger partial charge in [0.05, 0.1) is 11.5 Å². The number of nitro benzene ring substituents is 1. The molecule has 7 heteroatoms. The van der Waals surface area contributed by atoms with Crippen LogP contribution < -0.4 is 4.57 Å². The number of pyridine rings is 1. The number of Topliss-reactive ketones (excluding diaryl/α,β-unsaturated/α-hetero) is 1. The lowest BCUT2D eigenvalue weighted by molar-refractivity contribution is -0.692. The van der Waals surface area contributed by atoms with Crippen LogP contribution in [0, 0.1) is 10.1 Å². The van der Waals surface area contributed by atoms with Gasteiger partial charge in [0.1, 0.15) is 0 Å². The van der Waals surface area contributed by atoms with E-state index in [0.29, 0.717) is 12.1 Å². The maximum atomic E-state index is 13.1. The molecule has 1 heterocycles. The average Bonchev–Trinajstić information content (AvgIpc) is 2.66. The smallest absolute Gasteiger partial charge is 0.269 e. The summed E-state index contributed by atoms with van der Waals surface area (Å²) in [6.07, 6.45) is 5.22. The Morgan fingerprint density at radius 3 is 2.29 bits per heavy atom. The summed E-state index contributed by atoms with van der Waals surface area (Å²) >= 11 is 5.41. The molecule has 0 aliphatic rings. The number of aromatic nitrogens is 1. The van der Waals surface area contributed by atoms with Crippen LogP contribution >= 0.6 is 0 Å². The first-order chi connectivity index (χ1) is 13.1. The third-order valence-electron chi connectivity index (χ3n) is 4.24. The van der Waals surface area contributed by atoms with E-state index in [9.17, 15) is 14.9 Å². The van der Waals surface area contributed by atoms with Crippen LogP contribution in [0.15, 0.2) is 66.4 Å². The molecule has 0 amide bonds. The van der Waals surface area contributed by atoms with Crippen LogP contribution in [0.4, 0.5) is 5.69 Å². The number of aliphatic imine (C=N–C) groups is 1. The summed E-state index contributed by atoms with van der Waals surface area (Å²) in [7, 11) is 0. The Hall–Kier alpha value is -2.93. The molecule has 1 aromatic carbocycles. The van der Waals surface area contributed by atoms with E-state index in [1.165, 1.54) is 24.3 Å². The van der Waals surface area contributed by atoms with Crippen molar-refractivity contribution in [3.05, 3.63) is 82.7 Å². The van der Waals surface area contributed by atoms with Crippen molar-refractivity contribution < 1.29 is 14.3 Å². The van der Waals surface area contributed by atoms with E-state index in [0.717, 1.165) is 5.56 Å². The van der Waals surface area contributed by atoms with E-state index in [1.807, 2.05) is 24.5 Å². The van der Waals surface area contributed by atoms with Crippen LogP contribution in [0.3, 0.4) is 0 Å². The number of rotatable bonds is 7. The molecule has 1 atom stereocenters. The molecule has 0 bridgehead atoms. The Bertz CT molecular complexity index is 898. The van der Waals surface area contributed by atoms with Crippen molar-refractivity contribution in [1.82, 2.24) is 0 Å². The molecule has 2 rings (SSSR count). The number of carbonyl (C=O) groups is 1. The number of nitrogens with zero attached hydrogens (tertiary/aromatic N) is 3. The fraction of sp³-hybridized carbons (Fsp3) is 0.286. The molecule has 0 N–H and O–H groups in total. The third-order valence-corrected chi connectivity index (χ3v) is 4.59. The number of ketones is 1. The van der Waals surface area contributed by atoms with Gasteiger partial charge in [-0.25, -0.2) is 0 Å². The summed E-state index contributed by atoms with van der Waals surface area (Å²) in [5, 5.41) is 11.1. The molecular formula is C21H23N3O3S. The summed E-state index contributed by atoms with van der Waals surface area (Å²) in [5.41, 5.74) is 1.36. The predicted molar refractivity (Wildman–Crippen MR) is 112 cm³/mol. The van der Waals surface area contributed by atoms with Gasteiger partial charge in [-0.2, -0.15) is 4.57 Å². The summed E-state index contributed by atoms with van der Waals surface area (Å²) in [6.45, 7) is 10.3. The lowest BCUT2D eigenvalue weighted by atomic mass is 9.88. The fourth-order valence-corrected chi connectivity index (χ4v) is 2.93. The second kappa shape index (κ2) is 8.84. The first-order valence-corrected chi connectivity index (χ1v) is 9.18. The van der Waals surface area contributed by atoms with Gasteiger partial charge in [0.2, 0.25) is 11.8 Å². The van der Waals surface area contributed by atoms with Crippen molar-refractivity contribution in [2.75, 3.05) is 6.54 Å². The lowest BCUT2D eigenvalue weighted by Gasteiger charge is -2.21. The zero-order valence-electron chi connectivity index (χ0n) is 16.2. The molecular weight excluding hydrogens is 374 g/mol. The highest BCUT2D eigenvalue weighted by molar-refractivity contribution is 7.77. The quantitative estimate of drug-likeness (QED) is 0.104. The highest BCUT2D eigenvalue weighted by Crippen LogP contribution is 2.21. The number of hydrogen-bond acceptors (Lipinski definition) is 5. The van der Waals surface area contributed by atoms with Gasteiger partial charge in [-0.1, -0.05) is 26.8 Å². The second-order valence-corrected chi connectivity index (χ2v) is 7.74. The van der Waals surface area contributed by atoms with Crippen LogP contribution in [0.5, 0.6) is 0 Å². The Kier molecular flexibility index (Phi) is 6.75. The number of nitro groups is 1. The molecule has 28 heavy (non-hydrogen) atoms. The molecule has 0 spiro atoms. The summed E-state index contributed by atoms with van der Waals surface area (Å²) in [5.74, 6) is -0.277. The SMILES string of the molecule is C=CCN=C([S-])[C@@H](C(=O)c1ccc([N+](=O)[O-])cc1)[n+]1ccc(C(C)(C)C)cc1. The van der Waals surface area contributed by atoms with Gasteiger partial charge < -0.3 is 17.6 Å². The maximum Gasteiger partial charge on any atom is 0.269 e. The average molecular weight is 398 g/mol. The molecule has 146 valence electrons. The first-order valence-electron chi connectivity index (χ1n) is 8.77. The number of benzene rings is 1. The van der Waals surface area contributed by atoms with Crippen LogP contribution in [-0.2, 0) is 18.0 Å². The molecule has 0 aliphatic carbocycles. The molecule has 0 fully saturated rings. The van der Waals surface area contributed by atoms with E-state index in [-0.39, 0.29) is 21.9 Å². The minimum Gasteiger partial charge on any atom is -0.758 e. The van der Waals surface area contributed by atoms with Gasteiger partial charge >= 0.3 is 0 Å². The van der Waals surface area contributed by atoms with Crippen molar-refractivity contribution in [2.45, 2.75) is 32.2 Å². The van der Waals surface area contributed by atoms with Crippen LogP contribution in [-0.4, -0.2) is 22.3 Å². The largest absolute Gasteiger partial charge is 0.758 e. The van der Waals surface area contributed by atoms with Gasteiger partial charge in [0.25, 0.3) is 5.69 Å². The van der Waals surface area contributed by atoms with Gasteiger partial charge in [0.15, 0.2) is 12.4 Å². The Balaban J connectivity index is 2.45. The molecule has 6 nitrogen and oxygen atoms in total. The summed E-state index contributed by atoms with van der Waals surface area (Å²) in [6, 6.07) is 8.58. The maximum absolute atomic E-state index is 13.1. The topological polar surface area (TPSA) is 76.4 Å². The molecule has 2 aromatic rings. The Morgan fingerprint density at radius 2 is 1.82 bits per heavy atom. The van der Waals surface area contributed by atoms with Crippen molar-refractivity contribution in [2.24, 2.45) is 4.99 Å². The van der Waals surface area contributed by atoms with Gasteiger partial charge in [-0.15, -0.1) is 6.58 Å². The van der Waals surface area contributed by atoms with Gasteiger partial charge in [0, 0.05) is 29.8 Å². The molecule has 0 saturated carbocycles. The fourth-order valence-electron chi connectivity index (χ4n) is 2.63. The van der Waals surface area contributed by atoms with Crippen molar-refractivity contribution in [1.29, 1.82) is 0 Å². The monoisotopic (exact) mass is 397 g/mol. The molecule has 0 saturated heterocycles. The van der Waals surface area contributed by atoms with E-state index < -0.39 is 11.0 Å². The normalized spacial score (nSPS) is 13.0. The molecule has 1 aromatic heterocycles. The number of carbonyl (C=O) groups excluding carboxylic acids is 1. The minimum absolute atomic E-state index is 0.0231. The van der Waals surface area contributed by atoms with Gasteiger partial charge in [-0.3, -0.25) is 14.9 Å². The molecule has 0 unspecified atom stereocenters. The Morgan fingerprint density at radius 1 is 1.25 bits per heavy atom. The van der Waals surface area contributed by atoms with E-state index in [2.05, 4.69) is 32.3 Å².